The van der Waals surface area contributed by atoms with Crippen LogP contribution >= 0.6 is 0 Å². The summed E-state index contributed by atoms with van der Waals surface area (Å²) in [5.41, 5.74) is 6.49. The molecule has 6 nitrogen and oxygen atoms in total. The summed E-state index contributed by atoms with van der Waals surface area (Å²) >= 11 is 0. The molecule has 2 atom stereocenters. The maximum absolute atomic E-state index is 12.2. The Kier molecular flexibility index (Phi) is 6.61. The van der Waals surface area contributed by atoms with Gasteiger partial charge in [0, 0.05) is 18.7 Å². The number of para-hydroxylation sites is 1. The van der Waals surface area contributed by atoms with Gasteiger partial charge in [-0.15, -0.1) is 0 Å². The van der Waals surface area contributed by atoms with Crippen molar-refractivity contribution in [1.29, 1.82) is 0 Å². The van der Waals surface area contributed by atoms with Crippen LogP contribution in [0.25, 0.3) is 0 Å². The molecule has 1 aliphatic rings. The fourth-order valence-electron chi connectivity index (χ4n) is 2.80. The summed E-state index contributed by atoms with van der Waals surface area (Å²) in [6.45, 7) is 5.28. The first-order chi connectivity index (χ1) is 11.5. The average Bonchev–Trinajstić information content (AvgIpc) is 3.12. The van der Waals surface area contributed by atoms with Gasteiger partial charge in [-0.3, -0.25) is 9.59 Å². The molecule has 0 aliphatic carbocycles. The van der Waals surface area contributed by atoms with Crippen molar-refractivity contribution in [2.45, 2.75) is 45.2 Å². The van der Waals surface area contributed by atoms with Crippen LogP contribution in [0.4, 0.5) is 0 Å². The van der Waals surface area contributed by atoms with E-state index in [1.54, 1.807) is 6.92 Å². The second-order valence-corrected chi connectivity index (χ2v) is 6.17. The van der Waals surface area contributed by atoms with E-state index in [9.17, 15) is 9.59 Å². The third-order valence-electron chi connectivity index (χ3n) is 4.24. The summed E-state index contributed by atoms with van der Waals surface area (Å²) in [6, 6.07) is 6.73. The highest BCUT2D eigenvalue weighted by molar-refractivity contribution is 5.81. The number of hydrogen-bond acceptors (Lipinski definition) is 4. The Morgan fingerprint density at radius 3 is 2.58 bits per heavy atom. The van der Waals surface area contributed by atoms with Gasteiger partial charge in [-0.2, -0.15) is 0 Å². The summed E-state index contributed by atoms with van der Waals surface area (Å²) < 4.78 is 5.76. The van der Waals surface area contributed by atoms with Gasteiger partial charge >= 0.3 is 0 Å². The monoisotopic (exact) mass is 333 g/mol. The van der Waals surface area contributed by atoms with Gasteiger partial charge in [-0.1, -0.05) is 25.1 Å². The molecule has 0 spiro atoms. The van der Waals surface area contributed by atoms with Crippen LogP contribution in [0.15, 0.2) is 24.3 Å². The van der Waals surface area contributed by atoms with Gasteiger partial charge in [0.1, 0.15) is 5.75 Å². The van der Waals surface area contributed by atoms with Crippen molar-refractivity contribution >= 4 is 11.8 Å². The third kappa shape index (κ3) is 4.71. The number of hydrogen-bond donors (Lipinski definition) is 2. The number of rotatable bonds is 7. The Bertz CT molecular complexity index is 568. The van der Waals surface area contributed by atoms with Crippen LogP contribution in [-0.4, -0.2) is 42.5 Å². The van der Waals surface area contributed by atoms with E-state index in [2.05, 4.69) is 5.32 Å². The van der Waals surface area contributed by atoms with E-state index in [4.69, 9.17) is 10.5 Å². The zero-order valence-electron chi connectivity index (χ0n) is 14.5. The Balaban J connectivity index is 2.04. The van der Waals surface area contributed by atoms with Gasteiger partial charge in [-0.05, 0) is 32.3 Å². The molecular formula is C18H27N3O3. The van der Waals surface area contributed by atoms with Gasteiger partial charge in [-0.25, -0.2) is 0 Å². The first-order valence-corrected chi connectivity index (χ1v) is 8.58. The SMILES string of the molecule is CCC(NC(=O)[C@H](C)N)c1ccccc1OCC(=O)N1CCCC1. The molecule has 3 N–H and O–H groups in total. The number of nitrogens with one attached hydrogen (secondary N) is 1. The van der Waals surface area contributed by atoms with Crippen molar-refractivity contribution in [3.05, 3.63) is 29.8 Å². The van der Waals surface area contributed by atoms with E-state index in [0.717, 1.165) is 31.5 Å². The standard InChI is InChI=1S/C18H27N3O3/c1-3-15(20-18(23)13(2)19)14-8-4-5-9-16(14)24-12-17(22)21-10-6-7-11-21/h4-5,8-9,13,15H,3,6-7,10-12,19H2,1-2H3,(H,20,23)/t13-,15?/m0/s1. The van der Waals surface area contributed by atoms with Crippen LogP contribution in [0, 0.1) is 0 Å². The average molecular weight is 333 g/mol. The van der Waals surface area contributed by atoms with Crippen molar-refractivity contribution in [3.8, 4) is 5.75 Å². The quantitative estimate of drug-likeness (QED) is 0.794. The van der Waals surface area contributed by atoms with Crippen molar-refractivity contribution < 1.29 is 14.3 Å². The van der Waals surface area contributed by atoms with Crippen molar-refractivity contribution in [1.82, 2.24) is 10.2 Å². The van der Waals surface area contributed by atoms with E-state index >= 15 is 0 Å². The second-order valence-electron chi connectivity index (χ2n) is 6.17. The molecule has 0 bridgehead atoms. The number of likely N-dealkylation sites (tertiary alicyclic amines) is 1. The molecule has 0 aromatic heterocycles. The Morgan fingerprint density at radius 2 is 1.96 bits per heavy atom. The number of ether oxygens (including phenoxy) is 1. The van der Waals surface area contributed by atoms with Crippen LogP contribution in [0.3, 0.4) is 0 Å². The Morgan fingerprint density at radius 1 is 1.29 bits per heavy atom. The lowest BCUT2D eigenvalue weighted by molar-refractivity contribution is -0.132. The molecular weight excluding hydrogens is 306 g/mol. The molecule has 2 rings (SSSR count). The van der Waals surface area contributed by atoms with E-state index < -0.39 is 6.04 Å². The molecule has 1 aromatic rings. The fourth-order valence-corrected chi connectivity index (χ4v) is 2.80. The predicted octanol–water partition coefficient (Wildman–Crippen LogP) is 1.60. The number of amides is 2. The first kappa shape index (κ1) is 18.3. The van der Waals surface area contributed by atoms with Crippen molar-refractivity contribution in [2.24, 2.45) is 5.73 Å². The predicted molar refractivity (Wildman–Crippen MR) is 92.6 cm³/mol. The van der Waals surface area contributed by atoms with Crippen LogP contribution in [0.5, 0.6) is 5.75 Å². The van der Waals surface area contributed by atoms with Crippen molar-refractivity contribution in [2.75, 3.05) is 19.7 Å². The minimum atomic E-state index is -0.566. The second kappa shape index (κ2) is 8.68. The largest absolute Gasteiger partial charge is 0.483 e. The fraction of sp³-hybridized carbons (Fsp3) is 0.556. The summed E-state index contributed by atoms with van der Waals surface area (Å²) in [7, 11) is 0. The van der Waals surface area contributed by atoms with E-state index in [1.165, 1.54) is 0 Å². The minimum absolute atomic E-state index is 0.00923. The van der Waals surface area contributed by atoms with Gasteiger partial charge < -0.3 is 20.7 Å². The number of nitrogens with zero attached hydrogens (tertiary/aromatic N) is 1. The van der Waals surface area contributed by atoms with Gasteiger partial charge in [0.05, 0.1) is 12.1 Å². The van der Waals surface area contributed by atoms with Gasteiger partial charge in [0.25, 0.3) is 5.91 Å². The number of benzene rings is 1. The van der Waals surface area contributed by atoms with Crippen molar-refractivity contribution in [3.63, 3.8) is 0 Å². The number of carbonyl (C=O) groups is 2. The lowest BCUT2D eigenvalue weighted by atomic mass is 10.0. The van der Waals surface area contributed by atoms with E-state index in [1.807, 2.05) is 36.1 Å². The molecule has 0 radical (unpaired) electrons. The highest BCUT2D eigenvalue weighted by atomic mass is 16.5. The normalized spacial score (nSPS) is 16.5. The minimum Gasteiger partial charge on any atom is -0.483 e. The number of nitrogens with two attached hydrogens (primary N) is 1. The molecule has 1 unspecified atom stereocenters. The molecule has 132 valence electrons. The van der Waals surface area contributed by atoms with Gasteiger partial charge in [0.15, 0.2) is 6.61 Å². The molecule has 1 aliphatic heterocycles. The lowest BCUT2D eigenvalue weighted by Gasteiger charge is -2.22. The molecule has 1 fully saturated rings. The summed E-state index contributed by atoms with van der Waals surface area (Å²) in [5.74, 6) is 0.432. The topological polar surface area (TPSA) is 84.7 Å². The molecule has 1 aromatic carbocycles. The van der Waals surface area contributed by atoms with Crippen LogP contribution in [0.1, 0.15) is 44.7 Å². The smallest absolute Gasteiger partial charge is 0.260 e. The zero-order chi connectivity index (χ0) is 17.5. The molecule has 24 heavy (non-hydrogen) atoms. The van der Waals surface area contributed by atoms with Crippen LogP contribution in [0.2, 0.25) is 0 Å². The highest BCUT2D eigenvalue weighted by Gasteiger charge is 2.21. The molecule has 1 saturated heterocycles. The van der Waals surface area contributed by atoms with Crippen LogP contribution in [-0.2, 0) is 9.59 Å². The lowest BCUT2D eigenvalue weighted by Crippen LogP contribution is -2.40. The maximum Gasteiger partial charge on any atom is 0.260 e. The van der Waals surface area contributed by atoms with Crippen LogP contribution < -0.4 is 15.8 Å². The summed E-state index contributed by atoms with van der Waals surface area (Å²) in [5, 5.41) is 2.93. The zero-order valence-corrected chi connectivity index (χ0v) is 14.5. The molecule has 0 saturated carbocycles. The number of carbonyl (C=O) groups excluding carboxylic acids is 2. The van der Waals surface area contributed by atoms with E-state index in [0.29, 0.717) is 12.2 Å². The summed E-state index contributed by atoms with van der Waals surface area (Å²) in [4.78, 5) is 25.9. The third-order valence-corrected chi connectivity index (χ3v) is 4.24. The Hall–Kier alpha value is -2.08. The Labute approximate surface area is 143 Å². The summed E-state index contributed by atoms with van der Waals surface area (Å²) in [6.07, 6.45) is 2.83. The molecule has 1 heterocycles. The molecule has 6 heteroatoms. The van der Waals surface area contributed by atoms with Gasteiger partial charge in [0.2, 0.25) is 5.91 Å². The maximum atomic E-state index is 12.2. The highest BCUT2D eigenvalue weighted by Crippen LogP contribution is 2.27. The first-order valence-electron chi connectivity index (χ1n) is 8.58. The van der Waals surface area contributed by atoms with E-state index in [-0.39, 0.29) is 24.5 Å². The molecule has 2 amide bonds.